The van der Waals surface area contributed by atoms with Crippen LogP contribution in [0, 0.1) is 0 Å². The molecule has 3 atom stereocenters. The Balaban J connectivity index is 1.40. The van der Waals surface area contributed by atoms with E-state index in [-0.39, 0.29) is 35.8 Å². The molecule has 2 bridgehead atoms. The molecule has 0 radical (unpaired) electrons. The number of fused-ring (bicyclic) bond motifs is 2. The number of hydrogen-bond acceptors (Lipinski definition) is 6. The number of ether oxygens (including phenoxy) is 1. The molecular weight excluding hydrogens is 378 g/mol. The highest BCUT2D eigenvalue weighted by molar-refractivity contribution is 7.90. The summed E-state index contributed by atoms with van der Waals surface area (Å²) in [4.78, 5) is 21.5. The average molecular weight is 408 g/mol. The minimum absolute atomic E-state index is 0.0195. The molecule has 4 heterocycles. The van der Waals surface area contributed by atoms with Gasteiger partial charge in [-0.3, -0.25) is 14.7 Å². The van der Waals surface area contributed by atoms with Gasteiger partial charge in [0, 0.05) is 50.6 Å². The Morgan fingerprint density at radius 3 is 2.68 bits per heavy atom. The Bertz CT molecular complexity index is 800. The van der Waals surface area contributed by atoms with Crippen molar-refractivity contribution in [1.82, 2.24) is 14.8 Å². The third kappa shape index (κ3) is 4.39. The molecule has 1 amide bonds. The van der Waals surface area contributed by atoms with Gasteiger partial charge in [-0.25, -0.2) is 8.42 Å². The fourth-order valence-corrected chi connectivity index (χ4v) is 5.68. The molecule has 1 unspecified atom stereocenters. The molecule has 3 saturated heterocycles. The maximum absolute atomic E-state index is 12.7. The van der Waals surface area contributed by atoms with Gasteiger partial charge in [-0.1, -0.05) is 6.07 Å². The highest BCUT2D eigenvalue weighted by Crippen LogP contribution is 2.44. The van der Waals surface area contributed by atoms with Gasteiger partial charge in [0.15, 0.2) is 0 Å². The van der Waals surface area contributed by atoms with E-state index in [1.165, 1.54) is 6.26 Å². The number of amides is 1. The predicted molar refractivity (Wildman–Crippen MR) is 105 cm³/mol. The lowest BCUT2D eigenvalue weighted by Crippen LogP contribution is -2.60. The molecule has 154 valence electrons. The number of rotatable bonds is 5. The van der Waals surface area contributed by atoms with Crippen molar-refractivity contribution in [3.63, 3.8) is 0 Å². The lowest BCUT2D eigenvalue weighted by atomic mass is 9.84. The Labute approximate surface area is 167 Å². The molecule has 3 aliphatic rings. The zero-order chi connectivity index (χ0) is 19.8. The fraction of sp³-hybridized carbons (Fsp3) is 0.700. The van der Waals surface area contributed by atoms with Gasteiger partial charge in [0.25, 0.3) is 0 Å². The highest BCUT2D eigenvalue weighted by Gasteiger charge is 2.52. The number of hydrogen-bond donors (Lipinski definition) is 0. The van der Waals surface area contributed by atoms with Gasteiger partial charge in [-0.2, -0.15) is 0 Å². The van der Waals surface area contributed by atoms with Gasteiger partial charge in [-0.15, -0.1) is 0 Å². The van der Waals surface area contributed by atoms with Crippen molar-refractivity contribution in [2.24, 2.45) is 0 Å². The van der Waals surface area contributed by atoms with Crippen molar-refractivity contribution in [3.8, 4) is 0 Å². The van der Waals surface area contributed by atoms with Crippen molar-refractivity contribution in [3.05, 3.63) is 30.1 Å². The van der Waals surface area contributed by atoms with E-state index in [0.29, 0.717) is 6.61 Å². The standard InChI is InChI=1S/C20H29N3O4S/c1-28(25,26)11-7-19(24)23-17-5-6-18(23)13-20(12-17)15-22(9-10-27-20)14-16-4-2-3-8-21-16/h2-4,8,17-18H,5-7,9-15H2,1H3/t17-,18+,20?. The second-order valence-electron chi connectivity index (χ2n) is 8.54. The highest BCUT2D eigenvalue weighted by atomic mass is 32.2. The molecule has 7 nitrogen and oxygen atoms in total. The van der Waals surface area contributed by atoms with Crippen LogP contribution in [0.3, 0.4) is 0 Å². The SMILES string of the molecule is CS(=O)(=O)CCC(=O)N1[C@@H]2CC[C@H]1CC1(C2)CN(Cc2ccccn2)CCO1. The summed E-state index contributed by atoms with van der Waals surface area (Å²) in [5.41, 5.74) is 0.864. The summed E-state index contributed by atoms with van der Waals surface area (Å²) < 4.78 is 29.1. The maximum Gasteiger partial charge on any atom is 0.224 e. The topological polar surface area (TPSA) is 79.8 Å². The normalized spacial score (nSPS) is 30.7. The van der Waals surface area contributed by atoms with Crippen molar-refractivity contribution in [2.75, 3.05) is 31.7 Å². The van der Waals surface area contributed by atoms with E-state index in [0.717, 1.165) is 51.0 Å². The molecule has 0 N–H and O–H groups in total. The van der Waals surface area contributed by atoms with E-state index in [2.05, 4.69) is 16.0 Å². The monoisotopic (exact) mass is 407 g/mol. The van der Waals surface area contributed by atoms with E-state index in [9.17, 15) is 13.2 Å². The lowest BCUT2D eigenvalue weighted by molar-refractivity contribution is -0.162. The molecule has 1 spiro atoms. The molecule has 0 aromatic carbocycles. The van der Waals surface area contributed by atoms with E-state index in [4.69, 9.17) is 4.74 Å². The summed E-state index contributed by atoms with van der Waals surface area (Å²) in [6, 6.07) is 6.33. The second kappa shape index (κ2) is 7.72. The van der Waals surface area contributed by atoms with E-state index >= 15 is 0 Å². The summed E-state index contributed by atoms with van der Waals surface area (Å²) >= 11 is 0. The van der Waals surface area contributed by atoms with Crippen molar-refractivity contribution in [2.45, 2.75) is 56.3 Å². The van der Waals surface area contributed by atoms with E-state index in [1.807, 2.05) is 23.2 Å². The first-order valence-corrected chi connectivity index (χ1v) is 12.1. The maximum atomic E-state index is 12.7. The van der Waals surface area contributed by atoms with Gasteiger partial charge in [0.1, 0.15) is 9.84 Å². The first-order chi connectivity index (χ1) is 13.3. The Morgan fingerprint density at radius 1 is 1.29 bits per heavy atom. The quantitative estimate of drug-likeness (QED) is 0.731. The first kappa shape index (κ1) is 19.8. The van der Waals surface area contributed by atoms with Gasteiger partial charge in [-0.05, 0) is 37.8 Å². The van der Waals surface area contributed by atoms with Crippen LogP contribution in [0.4, 0.5) is 0 Å². The van der Waals surface area contributed by atoms with Gasteiger partial charge < -0.3 is 9.64 Å². The summed E-state index contributed by atoms with van der Waals surface area (Å²) in [6.07, 6.45) is 6.75. The average Bonchev–Trinajstić information content (AvgIpc) is 2.92. The molecule has 0 saturated carbocycles. The van der Waals surface area contributed by atoms with Crippen LogP contribution in [0.15, 0.2) is 24.4 Å². The van der Waals surface area contributed by atoms with Gasteiger partial charge >= 0.3 is 0 Å². The third-order valence-electron chi connectivity index (χ3n) is 6.25. The van der Waals surface area contributed by atoms with Crippen LogP contribution in [0.25, 0.3) is 0 Å². The Kier molecular flexibility index (Phi) is 5.46. The second-order valence-corrected chi connectivity index (χ2v) is 10.8. The molecule has 3 aliphatic heterocycles. The van der Waals surface area contributed by atoms with Crippen molar-refractivity contribution in [1.29, 1.82) is 0 Å². The van der Waals surface area contributed by atoms with Crippen LogP contribution < -0.4 is 0 Å². The molecule has 8 heteroatoms. The molecule has 3 fully saturated rings. The minimum Gasteiger partial charge on any atom is -0.372 e. The van der Waals surface area contributed by atoms with E-state index in [1.54, 1.807) is 0 Å². The Morgan fingerprint density at radius 2 is 2.04 bits per heavy atom. The van der Waals surface area contributed by atoms with Crippen LogP contribution in [0.2, 0.25) is 0 Å². The number of nitrogens with zero attached hydrogens (tertiary/aromatic N) is 3. The Hall–Kier alpha value is -1.51. The van der Waals surface area contributed by atoms with Crippen LogP contribution in [0.1, 0.15) is 37.8 Å². The van der Waals surface area contributed by atoms with E-state index < -0.39 is 9.84 Å². The number of piperidine rings is 1. The molecule has 4 rings (SSSR count). The first-order valence-electron chi connectivity index (χ1n) is 10.1. The van der Waals surface area contributed by atoms with Crippen LogP contribution in [-0.4, -0.2) is 78.5 Å². The number of pyridine rings is 1. The van der Waals surface area contributed by atoms with Gasteiger partial charge in [0.2, 0.25) is 5.91 Å². The van der Waals surface area contributed by atoms with Crippen LogP contribution in [-0.2, 0) is 25.9 Å². The van der Waals surface area contributed by atoms with Crippen LogP contribution in [0.5, 0.6) is 0 Å². The number of morpholine rings is 1. The smallest absolute Gasteiger partial charge is 0.224 e. The fourth-order valence-electron chi connectivity index (χ4n) is 5.14. The summed E-state index contributed by atoms with van der Waals surface area (Å²) in [5.74, 6) is -0.0877. The van der Waals surface area contributed by atoms with Gasteiger partial charge in [0.05, 0.1) is 23.7 Å². The summed E-state index contributed by atoms with van der Waals surface area (Å²) in [6.45, 7) is 3.28. The zero-order valence-corrected chi connectivity index (χ0v) is 17.2. The number of carbonyl (C=O) groups excluding carboxylic acids is 1. The summed E-state index contributed by atoms with van der Waals surface area (Å²) in [5, 5.41) is 0. The van der Waals surface area contributed by atoms with Crippen molar-refractivity contribution < 1.29 is 17.9 Å². The van der Waals surface area contributed by atoms with Crippen LogP contribution >= 0.6 is 0 Å². The minimum atomic E-state index is -3.12. The third-order valence-corrected chi connectivity index (χ3v) is 7.19. The molecule has 28 heavy (non-hydrogen) atoms. The number of sulfone groups is 1. The van der Waals surface area contributed by atoms with Crippen molar-refractivity contribution >= 4 is 15.7 Å². The zero-order valence-electron chi connectivity index (χ0n) is 16.4. The predicted octanol–water partition coefficient (Wildman–Crippen LogP) is 1.24. The largest absolute Gasteiger partial charge is 0.372 e. The summed E-state index contributed by atoms with van der Waals surface area (Å²) in [7, 11) is -3.12. The molecular formula is C20H29N3O4S. The molecule has 0 aliphatic carbocycles. The molecule has 1 aromatic rings. The number of aromatic nitrogens is 1. The number of carbonyl (C=O) groups is 1. The lowest BCUT2D eigenvalue weighted by Gasteiger charge is -2.50. The molecule has 1 aromatic heterocycles.